The van der Waals surface area contributed by atoms with E-state index in [0.29, 0.717) is 5.92 Å². The number of ether oxygens (including phenoxy) is 2. The number of aliphatic hydroxyl groups is 1. The molecule has 1 N–H and O–H groups in total. The van der Waals surface area contributed by atoms with Crippen LogP contribution in [0.2, 0.25) is 0 Å². The smallest absolute Gasteiger partial charge is 0.488 e. The van der Waals surface area contributed by atoms with Crippen LogP contribution < -0.4 is 0 Å². The number of hydrogen-bond acceptors (Lipinski definition) is 4. The number of carbonyl (C=O) groups is 1. The van der Waals surface area contributed by atoms with E-state index in [9.17, 15) is 9.90 Å². The Morgan fingerprint density at radius 1 is 0.840 bits per heavy atom. The Kier molecular flexibility index (Phi) is 9.00. The predicted octanol–water partition coefficient (Wildman–Crippen LogP) is 2.79. The molecule has 1 atom stereocenters. The van der Waals surface area contributed by atoms with Crippen molar-refractivity contribution in [1.82, 2.24) is 0 Å². The van der Waals surface area contributed by atoms with Crippen molar-refractivity contribution in [3.63, 3.8) is 0 Å². The Bertz CT molecular complexity index is 455. The molecule has 0 heterocycles. The van der Waals surface area contributed by atoms with Gasteiger partial charge in [-0.2, -0.15) is 0 Å². The van der Waals surface area contributed by atoms with Crippen LogP contribution in [0, 0.1) is 63.7 Å². The second kappa shape index (κ2) is 9.99. The Balaban J connectivity index is 0.000000448. The van der Waals surface area contributed by atoms with E-state index in [1.54, 1.807) is 25.7 Å². The molecule has 0 saturated heterocycles. The van der Waals surface area contributed by atoms with Crippen molar-refractivity contribution >= 4 is 5.78 Å². The van der Waals surface area contributed by atoms with E-state index in [4.69, 9.17) is 9.47 Å². The molecule has 10 radical (unpaired) electrons. The van der Waals surface area contributed by atoms with Crippen LogP contribution in [0.5, 0.6) is 0 Å². The van der Waals surface area contributed by atoms with E-state index >= 15 is 0 Å². The molecule has 134 valence electrons. The van der Waals surface area contributed by atoms with E-state index in [1.807, 2.05) is 59.8 Å². The fourth-order valence-corrected chi connectivity index (χ4v) is 2.39. The topological polar surface area (TPSA) is 55.8 Å². The molecule has 3 rings (SSSR count). The van der Waals surface area contributed by atoms with Gasteiger partial charge in [-0.15, -0.1) is 0 Å². The molecule has 0 bridgehead atoms. The maximum atomic E-state index is 12.2. The SMILES string of the molecule is CC(C)OC1=C(OC(C)C)C(O)([C]2[CH][CH][CH][CH]2)C1=O.[CH]1[CH][CH][CH][CH]1.[Fe+2]. The molecule has 4 nitrogen and oxygen atoms in total. The summed E-state index contributed by atoms with van der Waals surface area (Å²) in [6, 6.07) is 0. The molecule has 0 amide bonds. The number of hydrogen-bond donors (Lipinski definition) is 1. The van der Waals surface area contributed by atoms with Gasteiger partial charge in [-0.25, -0.2) is 0 Å². The zero-order chi connectivity index (χ0) is 17.7. The minimum absolute atomic E-state index is 0. The van der Waals surface area contributed by atoms with Gasteiger partial charge in [-0.1, -0.05) is 0 Å². The summed E-state index contributed by atoms with van der Waals surface area (Å²) in [4.78, 5) is 12.2. The van der Waals surface area contributed by atoms with E-state index in [-0.39, 0.29) is 40.8 Å². The molecular weight excluding hydrogens is 360 g/mol. The van der Waals surface area contributed by atoms with Crippen molar-refractivity contribution in [3.8, 4) is 0 Å². The van der Waals surface area contributed by atoms with Crippen molar-refractivity contribution in [3.05, 3.63) is 75.2 Å². The average molecular weight is 384 g/mol. The van der Waals surface area contributed by atoms with Gasteiger partial charge in [0, 0.05) is 5.92 Å². The summed E-state index contributed by atoms with van der Waals surface area (Å²) in [5.74, 6) is 0.423. The third kappa shape index (κ3) is 5.24. The fourth-order valence-electron chi connectivity index (χ4n) is 2.39. The van der Waals surface area contributed by atoms with Crippen LogP contribution >= 0.6 is 0 Å². The van der Waals surface area contributed by atoms with Crippen LogP contribution in [0.15, 0.2) is 11.5 Å². The van der Waals surface area contributed by atoms with Gasteiger partial charge in [0.05, 0.1) is 12.2 Å². The molecule has 2 saturated carbocycles. The molecule has 3 aliphatic carbocycles. The van der Waals surface area contributed by atoms with Gasteiger partial charge < -0.3 is 14.6 Å². The maximum absolute atomic E-state index is 12.2. The van der Waals surface area contributed by atoms with Crippen molar-refractivity contribution < 1.29 is 36.4 Å². The molecule has 3 aliphatic rings. The molecule has 0 aromatic rings. The molecule has 0 aliphatic heterocycles. The number of ketones is 1. The van der Waals surface area contributed by atoms with Gasteiger partial charge in [0.2, 0.25) is 11.5 Å². The fraction of sp³-hybridized carbons (Fsp3) is 0.350. The largest absolute Gasteiger partial charge is 2.00 e. The first-order valence-corrected chi connectivity index (χ1v) is 8.11. The summed E-state index contributed by atoms with van der Waals surface area (Å²) in [6.07, 6.45) is 16.7. The first-order chi connectivity index (χ1) is 11.4. The van der Waals surface area contributed by atoms with Crippen LogP contribution in [-0.2, 0) is 31.3 Å². The minimum Gasteiger partial charge on any atom is -0.488 e. The molecule has 25 heavy (non-hydrogen) atoms. The van der Waals surface area contributed by atoms with Crippen LogP contribution in [0.3, 0.4) is 0 Å². The summed E-state index contributed by atoms with van der Waals surface area (Å²) in [5.41, 5.74) is -1.70. The van der Waals surface area contributed by atoms with Crippen LogP contribution in [0.1, 0.15) is 27.7 Å². The normalized spacial score (nSPS) is 26.3. The van der Waals surface area contributed by atoms with Crippen LogP contribution in [0.4, 0.5) is 0 Å². The third-order valence-corrected chi connectivity index (χ3v) is 3.41. The number of Topliss-reactive ketones (excluding diaryl/α,β-unsaturated/α-hetero) is 1. The maximum Gasteiger partial charge on any atom is 2.00 e. The van der Waals surface area contributed by atoms with Crippen LogP contribution in [0.25, 0.3) is 0 Å². The second-order valence-electron chi connectivity index (χ2n) is 6.17. The van der Waals surface area contributed by atoms with Crippen molar-refractivity contribution in [1.29, 1.82) is 0 Å². The van der Waals surface area contributed by atoms with Gasteiger partial charge >= 0.3 is 17.1 Å². The summed E-state index contributed by atoms with van der Waals surface area (Å²) in [7, 11) is 0. The van der Waals surface area contributed by atoms with Crippen molar-refractivity contribution in [2.24, 2.45) is 0 Å². The zero-order valence-corrected chi connectivity index (χ0v) is 16.0. The Hall–Kier alpha value is -0.511. The third-order valence-electron chi connectivity index (χ3n) is 3.41. The summed E-state index contributed by atoms with van der Waals surface area (Å²) in [6.45, 7) is 7.34. The van der Waals surface area contributed by atoms with Gasteiger partial charge in [-0.3, -0.25) is 4.79 Å². The van der Waals surface area contributed by atoms with E-state index in [2.05, 4.69) is 0 Å². The summed E-state index contributed by atoms with van der Waals surface area (Å²) >= 11 is 0. The van der Waals surface area contributed by atoms with Gasteiger partial charge in [-0.05, 0) is 85.5 Å². The van der Waals surface area contributed by atoms with E-state index < -0.39 is 11.4 Å². The standard InChI is InChI=1S/C15H19O4.C5H5.Fe/c1-9(2)18-12-13(16)15(17,11-7-5-6-8-11)14(12)19-10(3)4;1-2-4-5-3-1;/h5-10,17H,1-4H3;1-5H;/q;;+2. The monoisotopic (exact) mass is 384 g/mol. The van der Waals surface area contributed by atoms with E-state index in [1.165, 1.54) is 0 Å². The van der Waals surface area contributed by atoms with E-state index in [0.717, 1.165) is 0 Å². The Morgan fingerprint density at radius 3 is 1.68 bits per heavy atom. The van der Waals surface area contributed by atoms with Crippen molar-refractivity contribution in [2.75, 3.05) is 0 Å². The molecule has 0 aromatic heterocycles. The first-order valence-electron chi connectivity index (χ1n) is 8.11. The van der Waals surface area contributed by atoms with Crippen LogP contribution in [-0.4, -0.2) is 28.7 Å². The van der Waals surface area contributed by atoms with Gasteiger partial charge in [0.1, 0.15) is 0 Å². The zero-order valence-electron chi connectivity index (χ0n) is 14.9. The molecule has 0 aromatic carbocycles. The summed E-state index contributed by atoms with van der Waals surface area (Å²) in [5, 5.41) is 10.6. The quantitative estimate of drug-likeness (QED) is 0.741. The average Bonchev–Trinajstić information content (AvgIpc) is 3.25. The molecular formula is C20H24FeO4+2. The number of rotatable bonds is 5. The van der Waals surface area contributed by atoms with Gasteiger partial charge in [0.25, 0.3) is 0 Å². The second-order valence-corrected chi connectivity index (χ2v) is 6.17. The Morgan fingerprint density at radius 2 is 1.28 bits per heavy atom. The Labute approximate surface area is 163 Å². The van der Waals surface area contributed by atoms with Crippen molar-refractivity contribution in [2.45, 2.75) is 45.5 Å². The first kappa shape index (κ1) is 22.5. The molecule has 5 heteroatoms. The minimum atomic E-state index is -1.70. The molecule has 1 unspecified atom stereocenters. The predicted molar refractivity (Wildman–Crippen MR) is 91.4 cm³/mol. The summed E-state index contributed by atoms with van der Waals surface area (Å²) < 4.78 is 11.0. The molecule has 0 spiro atoms. The molecule has 2 fully saturated rings. The van der Waals surface area contributed by atoms with Gasteiger partial charge in [0.15, 0.2) is 11.4 Å². The number of carbonyl (C=O) groups excluding carboxylic acids is 1.